The van der Waals surface area contributed by atoms with Crippen molar-refractivity contribution < 1.29 is 4.74 Å². The molecule has 0 bridgehead atoms. The van der Waals surface area contributed by atoms with Gasteiger partial charge < -0.3 is 10.2 Å². The van der Waals surface area contributed by atoms with Crippen LogP contribution in [0.5, 0.6) is 0 Å². The van der Waals surface area contributed by atoms with E-state index < -0.39 is 0 Å². The number of ether oxygens (including phenoxy) is 1. The minimum atomic E-state index is 0.360. The lowest BCUT2D eigenvalue weighted by molar-refractivity contribution is 0.233. The molecule has 0 aromatic rings. The van der Waals surface area contributed by atoms with Crippen LogP contribution >= 0.6 is 0 Å². The minimum absolute atomic E-state index is 0.360. The summed E-state index contributed by atoms with van der Waals surface area (Å²) < 4.78 is 5.08. The van der Waals surface area contributed by atoms with Crippen LogP contribution < -0.4 is 5.43 Å². The molecule has 1 unspecified atom stereocenters. The fourth-order valence-electron chi connectivity index (χ4n) is 0.516. The maximum atomic E-state index is 5.08. The van der Waals surface area contributed by atoms with Gasteiger partial charge in [0, 0.05) is 6.92 Å². The van der Waals surface area contributed by atoms with Crippen LogP contribution in [0.1, 0.15) is 13.8 Å². The summed E-state index contributed by atoms with van der Waals surface area (Å²) in [7, 11) is 0. The van der Waals surface area contributed by atoms with Crippen molar-refractivity contribution in [3.05, 3.63) is 0 Å². The number of rotatable bonds is 0. The molecule has 0 amide bonds. The number of hydrogen-bond donors (Lipinski definition) is 1. The molecule has 0 aromatic carbocycles. The fourth-order valence-corrected chi connectivity index (χ4v) is 0.516. The molecule has 1 N–H and O–H groups in total. The zero-order valence-electron chi connectivity index (χ0n) is 5.14. The van der Waals surface area contributed by atoms with Crippen LogP contribution in [-0.2, 0) is 4.74 Å². The van der Waals surface area contributed by atoms with Crippen LogP contribution in [0.25, 0.3) is 0 Å². The van der Waals surface area contributed by atoms with Gasteiger partial charge in [-0.05, 0) is 6.92 Å². The van der Waals surface area contributed by atoms with Crippen LogP contribution in [0.3, 0.4) is 0 Å². The first kappa shape index (κ1) is 5.41. The van der Waals surface area contributed by atoms with Gasteiger partial charge in [-0.1, -0.05) is 0 Å². The molecule has 0 saturated heterocycles. The Hall–Kier alpha value is -0.730. The molecular weight excluding hydrogens is 104 g/mol. The number of hydrogen-bond acceptors (Lipinski definition) is 3. The van der Waals surface area contributed by atoms with E-state index in [9.17, 15) is 0 Å². The average molecular weight is 114 g/mol. The largest absolute Gasteiger partial charge is 0.478 e. The van der Waals surface area contributed by atoms with Crippen molar-refractivity contribution in [1.82, 2.24) is 5.43 Å². The first-order valence-corrected chi connectivity index (χ1v) is 2.71. The highest BCUT2D eigenvalue weighted by Crippen LogP contribution is 1.92. The Labute approximate surface area is 48.7 Å². The molecule has 1 heterocycles. The highest BCUT2D eigenvalue weighted by Gasteiger charge is 2.05. The van der Waals surface area contributed by atoms with Crippen LogP contribution in [0, 0.1) is 0 Å². The van der Waals surface area contributed by atoms with Crippen LogP contribution in [0.4, 0.5) is 0 Å². The van der Waals surface area contributed by atoms with E-state index in [0.717, 1.165) is 12.5 Å². The first-order valence-electron chi connectivity index (χ1n) is 2.71. The van der Waals surface area contributed by atoms with Crippen molar-refractivity contribution >= 4 is 5.90 Å². The molecule has 0 aliphatic carbocycles. The second-order valence-corrected chi connectivity index (χ2v) is 1.97. The summed E-state index contributed by atoms with van der Waals surface area (Å²) in [6, 6.07) is 0.360. The molecule has 1 aliphatic heterocycles. The van der Waals surface area contributed by atoms with E-state index in [4.69, 9.17) is 4.74 Å². The van der Waals surface area contributed by atoms with Gasteiger partial charge in [0.15, 0.2) is 0 Å². The second-order valence-electron chi connectivity index (χ2n) is 1.97. The van der Waals surface area contributed by atoms with E-state index in [1.807, 2.05) is 13.8 Å². The summed E-state index contributed by atoms with van der Waals surface area (Å²) in [5, 5.41) is 3.86. The normalized spacial score (nSPS) is 27.8. The van der Waals surface area contributed by atoms with Crippen LogP contribution in [-0.4, -0.2) is 18.5 Å². The van der Waals surface area contributed by atoms with Gasteiger partial charge >= 0.3 is 0 Å². The lowest BCUT2D eigenvalue weighted by atomic mass is 10.4. The monoisotopic (exact) mass is 114 g/mol. The Morgan fingerprint density at radius 3 is 3.00 bits per heavy atom. The highest BCUT2D eigenvalue weighted by molar-refractivity contribution is 5.73. The van der Waals surface area contributed by atoms with Gasteiger partial charge in [-0.3, -0.25) is 0 Å². The molecule has 0 saturated carbocycles. The molecule has 0 fully saturated rings. The maximum absolute atomic E-state index is 5.08. The van der Waals surface area contributed by atoms with E-state index in [-0.39, 0.29) is 0 Å². The summed E-state index contributed by atoms with van der Waals surface area (Å²) in [6.45, 7) is 4.59. The third-order valence-corrected chi connectivity index (χ3v) is 0.985. The van der Waals surface area contributed by atoms with Gasteiger partial charge in [-0.15, -0.1) is 5.10 Å². The molecule has 3 nitrogen and oxygen atoms in total. The van der Waals surface area contributed by atoms with Crippen molar-refractivity contribution in [1.29, 1.82) is 0 Å². The topological polar surface area (TPSA) is 33.6 Å². The average Bonchev–Trinajstić information content (AvgIpc) is 1.77. The fraction of sp³-hybridized carbons (Fsp3) is 0.800. The third kappa shape index (κ3) is 1.12. The second kappa shape index (κ2) is 2.03. The zero-order chi connectivity index (χ0) is 5.98. The third-order valence-electron chi connectivity index (χ3n) is 0.985. The van der Waals surface area contributed by atoms with E-state index in [2.05, 4.69) is 10.5 Å². The smallest absolute Gasteiger partial charge is 0.202 e. The quantitative estimate of drug-likeness (QED) is 0.492. The Bertz CT molecular complexity index is 111. The van der Waals surface area contributed by atoms with Crippen molar-refractivity contribution in [2.75, 3.05) is 6.61 Å². The van der Waals surface area contributed by atoms with E-state index >= 15 is 0 Å². The molecule has 1 atom stereocenters. The van der Waals surface area contributed by atoms with Gasteiger partial charge in [0.2, 0.25) is 5.90 Å². The van der Waals surface area contributed by atoms with Crippen LogP contribution in [0.15, 0.2) is 5.10 Å². The SMILES string of the molecule is CC1=NNC(C)CO1. The van der Waals surface area contributed by atoms with E-state index in [0.29, 0.717) is 6.04 Å². The molecule has 0 aromatic heterocycles. The van der Waals surface area contributed by atoms with Crippen molar-refractivity contribution in [3.63, 3.8) is 0 Å². The van der Waals surface area contributed by atoms with Crippen molar-refractivity contribution in [3.8, 4) is 0 Å². The molecule has 3 heteroatoms. The van der Waals surface area contributed by atoms with Crippen molar-refractivity contribution in [2.24, 2.45) is 5.10 Å². The lowest BCUT2D eigenvalue weighted by Gasteiger charge is -2.17. The summed E-state index contributed by atoms with van der Waals surface area (Å²) >= 11 is 0. The Morgan fingerprint density at radius 2 is 2.62 bits per heavy atom. The Morgan fingerprint density at radius 1 is 1.88 bits per heavy atom. The first-order chi connectivity index (χ1) is 3.79. The number of hydrazone groups is 1. The molecule has 46 valence electrons. The number of nitrogens with zero attached hydrogens (tertiary/aromatic N) is 1. The molecule has 1 aliphatic rings. The maximum Gasteiger partial charge on any atom is 0.202 e. The lowest BCUT2D eigenvalue weighted by Crippen LogP contribution is -2.32. The molecule has 0 radical (unpaired) electrons. The summed E-state index contributed by atoms with van der Waals surface area (Å²) in [4.78, 5) is 0. The predicted molar refractivity (Wildman–Crippen MR) is 31.7 cm³/mol. The summed E-state index contributed by atoms with van der Waals surface area (Å²) in [5.41, 5.74) is 2.89. The molecule has 0 spiro atoms. The minimum Gasteiger partial charge on any atom is -0.478 e. The molecule has 1 rings (SSSR count). The number of nitrogens with one attached hydrogen (secondary N) is 1. The molecular formula is C5H10N2O. The van der Waals surface area contributed by atoms with Gasteiger partial charge in [0.1, 0.15) is 6.61 Å². The standard InChI is InChI=1S/C5H10N2O/c1-4-3-8-5(2)7-6-4/h4,6H,3H2,1-2H3. The van der Waals surface area contributed by atoms with Crippen LogP contribution in [0.2, 0.25) is 0 Å². The van der Waals surface area contributed by atoms with Gasteiger partial charge in [-0.25, -0.2) is 0 Å². The summed E-state index contributed by atoms with van der Waals surface area (Å²) in [5.74, 6) is 0.725. The summed E-state index contributed by atoms with van der Waals surface area (Å²) in [6.07, 6.45) is 0. The Balaban J connectivity index is 2.42. The Kier molecular flexibility index (Phi) is 1.37. The zero-order valence-corrected chi connectivity index (χ0v) is 5.14. The van der Waals surface area contributed by atoms with Crippen molar-refractivity contribution in [2.45, 2.75) is 19.9 Å². The van der Waals surface area contributed by atoms with Gasteiger partial charge in [-0.2, -0.15) is 0 Å². The molecule has 8 heavy (non-hydrogen) atoms. The van der Waals surface area contributed by atoms with Gasteiger partial charge in [0.25, 0.3) is 0 Å². The van der Waals surface area contributed by atoms with E-state index in [1.165, 1.54) is 0 Å². The highest BCUT2D eigenvalue weighted by atomic mass is 16.5. The van der Waals surface area contributed by atoms with Gasteiger partial charge in [0.05, 0.1) is 6.04 Å². The predicted octanol–water partition coefficient (Wildman–Crippen LogP) is 0.328. The van der Waals surface area contributed by atoms with E-state index in [1.54, 1.807) is 0 Å².